The normalized spacial score (nSPS) is 13.1. The van der Waals surface area contributed by atoms with E-state index in [9.17, 15) is 4.79 Å². The van der Waals surface area contributed by atoms with Gasteiger partial charge in [-0.05, 0) is 23.8 Å². The maximum Gasteiger partial charge on any atom is 0.261 e. The van der Waals surface area contributed by atoms with E-state index in [2.05, 4.69) is 5.32 Å². The highest BCUT2D eigenvalue weighted by atomic mass is 16.7. The van der Waals surface area contributed by atoms with Gasteiger partial charge < -0.3 is 14.8 Å². The summed E-state index contributed by atoms with van der Waals surface area (Å²) in [5, 5.41) is 11.3. The van der Waals surface area contributed by atoms with Crippen molar-refractivity contribution < 1.29 is 14.3 Å². The van der Waals surface area contributed by atoms with Gasteiger partial charge in [0.25, 0.3) is 5.91 Å². The molecule has 0 bridgehead atoms. The molecule has 0 saturated heterocycles. The van der Waals surface area contributed by atoms with E-state index in [0.717, 1.165) is 5.56 Å². The van der Waals surface area contributed by atoms with Gasteiger partial charge in [0.2, 0.25) is 6.79 Å². The molecule has 1 aromatic carbocycles. The lowest BCUT2D eigenvalue weighted by Gasteiger charge is -1.99. The topological polar surface area (TPSA) is 71.4 Å². The number of nitrogens with zero attached hydrogens (tertiary/aromatic N) is 1. The Hall–Kier alpha value is -2.48. The fourth-order valence-corrected chi connectivity index (χ4v) is 1.45. The van der Waals surface area contributed by atoms with E-state index in [-0.39, 0.29) is 12.4 Å². The van der Waals surface area contributed by atoms with E-state index in [1.165, 1.54) is 13.1 Å². The van der Waals surface area contributed by atoms with Crippen LogP contribution in [0.5, 0.6) is 11.5 Å². The molecular weight excluding hydrogens is 220 g/mol. The lowest BCUT2D eigenvalue weighted by atomic mass is 10.1. The third kappa shape index (κ3) is 2.21. The van der Waals surface area contributed by atoms with Gasteiger partial charge in [-0.3, -0.25) is 4.79 Å². The molecule has 1 N–H and O–H groups in total. The zero-order valence-electron chi connectivity index (χ0n) is 9.19. The number of rotatable bonds is 2. The van der Waals surface area contributed by atoms with Gasteiger partial charge in [0.05, 0.1) is 0 Å². The average molecular weight is 230 g/mol. The lowest BCUT2D eigenvalue weighted by molar-refractivity contribution is -0.116. The maximum atomic E-state index is 11.3. The Morgan fingerprint density at radius 3 is 2.94 bits per heavy atom. The van der Waals surface area contributed by atoms with Gasteiger partial charge in [-0.1, -0.05) is 6.07 Å². The van der Waals surface area contributed by atoms with Crippen LogP contribution >= 0.6 is 0 Å². The summed E-state index contributed by atoms with van der Waals surface area (Å²) in [6, 6.07) is 7.07. The Bertz CT molecular complexity index is 529. The van der Waals surface area contributed by atoms with Gasteiger partial charge in [-0.2, -0.15) is 5.26 Å². The molecule has 0 saturated carbocycles. The van der Waals surface area contributed by atoms with Gasteiger partial charge in [0.1, 0.15) is 11.6 Å². The van der Waals surface area contributed by atoms with Crippen molar-refractivity contribution in [3.63, 3.8) is 0 Å². The number of hydrogen-bond donors (Lipinski definition) is 1. The van der Waals surface area contributed by atoms with Crippen LogP contribution in [0, 0.1) is 11.3 Å². The second-order valence-electron chi connectivity index (χ2n) is 3.36. The third-order valence-electron chi connectivity index (χ3n) is 2.30. The maximum absolute atomic E-state index is 11.3. The first-order valence-electron chi connectivity index (χ1n) is 4.98. The highest BCUT2D eigenvalue weighted by Crippen LogP contribution is 2.32. The molecule has 17 heavy (non-hydrogen) atoms. The number of fused-ring (bicyclic) bond motifs is 1. The second kappa shape index (κ2) is 4.58. The molecule has 1 aliphatic rings. The Kier molecular flexibility index (Phi) is 2.97. The first kappa shape index (κ1) is 11.0. The molecule has 1 heterocycles. The predicted octanol–water partition coefficient (Wildman–Crippen LogP) is 1.07. The van der Waals surface area contributed by atoms with Gasteiger partial charge >= 0.3 is 0 Å². The van der Waals surface area contributed by atoms with Crippen LogP contribution in [0.1, 0.15) is 5.56 Å². The molecule has 1 amide bonds. The van der Waals surface area contributed by atoms with Crippen molar-refractivity contribution >= 4 is 12.0 Å². The van der Waals surface area contributed by atoms with E-state index in [0.29, 0.717) is 11.5 Å². The molecule has 86 valence electrons. The molecule has 0 aromatic heterocycles. The number of likely N-dealkylation sites (N-methyl/N-ethyl adjacent to an activating group) is 1. The molecule has 0 aliphatic carbocycles. The lowest BCUT2D eigenvalue weighted by Crippen LogP contribution is -2.19. The second-order valence-corrected chi connectivity index (χ2v) is 3.36. The molecule has 0 spiro atoms. The minimum absolute atomic E-state index is 0.0476. The number of hydrogen-bond acceptors (Lipinski definition) is 4. The number of benzene rings is 1. The van der Waals surface area contributed by atoms with Crippen molar-refractivity contribution in [2.24, 2.45) is 0 Å². The van der Waals surface area contributed by atoms with Gasteiger partial charge in [-0.25, -0.2) is 0 Å². The van der Waals surface area contributed by atoms with E-state index >= 15 is 0 Å². The van der Waals surface area contributed by atoms with Crippen molar-refractivity contribution in [2.45, 2.75) is 0 Å². The number of nitriles is 1. The monoisotopic (exact) mass is 230 g/mol. The molecule has 0 unspecified atom stereocenters. The third-order valence-corrected chi connectivity index (χ3v) is 2.30. The summed E-state index contributed by atoms with van der Waals surface area (Å²) < 4.78 is 10.4. The highest BCUT2D eigenvalue weighted by molar-refractivity contribution is 6.01. The molecule has 2 rings (SSSR count). The summed E-state index contributed by atoms with van der Waals surface area (Å²) in [4.78, 5) is 11.3. The van der Waals surface area contributed by atoms with Gasteiger partial charge in [-0.15, -0.1) is 0 Å². The molecular formula is C12H10N2O3. The smallest absolute Gasteiger partial charge is 0.261 e. The summed E-state index contributed by atoms with van der Waals surface area (Å²) in [6.45, 7) is 0.197. The molecule has 1 aromatic rings. The number of nitrogens with one attached hydrogen (secondary N) is 1. The van der Waals surface area contributed by atoms with Crippen LogP contribution in [0.2, 0.25) is 0 Å². The standard InChI is InChI=1S/C12H10N2O3/c1-14-12(15)9(6-13)4-8-2-3-10-11(5-8)17-7-16-10/h2-5H,7H2,1H3,(H,14,15)/b9-4-. The van der Waals surface area contributed by atoms with Crippen LogP contribution in [-0.2, 0) is 4.79 Å². The van der Waals surface area contributed by atoms with Gasteiger partial charge in [0.15, 0.2) is 11.5 Å². The minimum Gasteiger partial charge on any atom is -0.454 e. The van der Waals surface area contributed by atoms with Crippen LogP contribution in [0.15, 0.2) is 23.8 Å². The van der Waals surface area contributed by atoms with Crippen LogP contribution in [0.4, 0.5) is 0 Å². The fraction of sp³-hybridized carbons (Fsp3) is 0.167. The Labute approximate surface area is 98.3 Å². The summed E-state index contributed by atoms with van der Waals surface area (Å²) >= 11 is 0. The number of ether oxygens (including phenoxy) is 2. The van der Waals surface area contributed by atoms with Crippen molar-refractivity contribution in [2.75, 3.05) is 13.8 Å². The van der Waals surface area contributed by atoms with E-state index in [1.807, 2.05) is 6.07 Å². The zero-order chi connectivity index (χ0) is 12.3. The summed E-state index contributed by atoms with van der Waals surface area (Å²) in [5.41, 5.74) is 0.765. The predicted molar refractivity (Wildman–Crippen MR) is 60.2 cm³/mol. The molecule has 0 radical (unpaired) electrons. The summed E-state index contributed by atoms with van der Waals surface area (Å²) in [6.07, 6.45) is 1.50. The first-order chi connectivity index (χ1) is 8.24. The average Bonchev–Trinajstić information content (AvgIpc) is 2.82. The molecule has 5 nitrogen and oxygen atoms in total. The van der Waals surface area contributed by atoms with E-state index < -0.39 is 5.91 Å². The summed E-state index contributed by atoms with van der Waals surface area (Å²) in [7, 11) is 1.48. The molecule has 0 atom stereocenters. The van der Waals surface area contributed by atoms with Crippen LogP contribution in [0.3, 0.4) is 0 Å². The van der Waals surface area contributed by atoms with Crippen LogP contribution in [-0.4, -0.2) is 19.7 Å². The van der Waals surface area contributed by atoms with Crippen molar-refractivity contribution in [3.05, 3.63) is 29.3 Å². The minimum atomic E-state index is -0.412. The first-order valence-corrected chi connectivity index (χ1v) is 4.98. The Morgan fingerprint density at radius 1 is 1.47 bits per heavy atom. The Morgan fingerprint density at radius 2 is 2.24 bits per heavy atom. The van der Waals surface area contributed by atoms with E-state index in [1.54, 1.807) is 18.2 Å². The number of carbonyl (C=O) groups is 1. The van der Waals surface area contributed by atoms with Crippen molar-refractivity contribution in [3.8, 4) is 17.6 Å². The van der Waals surface area contributed by atoms with Crippen molar-refractivity contribution in [1.82, 2.24) is 5.32 Å². The van der Waals surface area contributed by atoms with E-state index in [4.69, 9.17) is 14.7 Å². The Balaban J connectivity index is 2.32. The van der Waals surface area contributed by atoms with Gasteiger partial charge in [0, 0.05) is 7.05 Å². The quantitative estimate of drug-likeness (QED) is 0.609. The number of carbonyl (C=O) groups excluding carboxylic acids is 1. The largest absolute Gasteiger partial charge is 0.454 e. The van der Waals surface area contributed by atoms with Crippen molar-refractivity contribution in [1.29, 1.82) is 5.26 Å². The SMILES string of the molecule is CNC(=O)/C(C#N)=C\c1ccc2c(c1)OCO2. The highest BCUT2D eigenvalue weighted by Gasteiger charge is 2.13. The summed E-state index contributed by atoms with van der Waals surface area (Å²) in [5.74, 6) is 0.874. The molecule has 0 fully saturated rings. The zero-order valence-corrected chi connectivity index (χ0v) is 9.19. The molecule has 5 heteroatoms. The number of amides is 1. The van der Waals surface area contributed by atoms with Crippen LogP contribution in [0.25, 0.3) is 6.08 Å². The molecule has 1 aliphatic heterocycles. The van der Waals surface area contributed by atoms with Crippen LogP contribution < -0.4 is 14.8 Å². The fourth-order valence-electron chi connectivity index (χ4n) is 1.45.